The predicted octanol–water partition coefficient (Wildman–Crippen LogP) is 1.22. The topological polar surface area (TPSA) is 87.7 Å². The number of oxime groups is 1. The summed E-state index contributed by atoms with van der Waals surface area (Å²) < 4.78 is 26.0. The van der Waals surface area contributed by atoms with E-state index in [1.807, 2.05) is 0 Å². The van der Waals surface area contributed by atoms with E-state index in [4.69, 9.17) is 10.9 Å². The van der Waals surface area contributed by atoms with Crippen LogP contribution in [0.15, 0.2) is 23.4 Å². The number of amides is 1. The van der Waals surface area contributed by atoms with Gasteiger partial charge in [0.15, 0.2) is 0 Å². The van der Waals surface area contributed by atoms with Crippen molar-refractivity contribution in [1.29, 1.82) is 0 Å². The Hall–Kier alpha value is -2.18. The van der Waals surface area contributed by atoms with Gasteiger partial charge in [0.05, 0.1) is 5.56 Å². The molecule has 0 spiro atoms. The van der Waals surface area contributed by atoms with Gasteiger partial charge in [0, 0.05) is 18.5 Å². The molecular formula is C11H13F2N3O2. The average Bonchev–Trinajstić information content (AvgIpc) is 2.28. The third-order valence-corrected chi connectivity index (χ3v) is 2.20. The standard InChI is InChI=1S/C11H13F2N3O2/c1-6(4-10(14)16-18)15-11(17)8-3-2-7(12)5-9(8)13/h2-3,5-6,18H,4H2,1H3,(H2,14,16)(H,15,17). The predicted molar refractivity (Wildman–Crippen MR) is 61.3 cm³/mol. The maximum absolute atomic E-state index is 13.3. The second-order valence-electron chi connectivity index (χ2n) is 3.79. The zero-order chi connectivity index (χ0) is 13.7. The number of halogens is 2. The molecule has 0 aliphatic carbocycles. The number of nitrogens with two attached hydrogens (primary N) is 1. The van der Waals surface area contributed by atoms with Gasteiger partial charge in [-0.3, -0.25) is 4.79 Å². The maximum atomic E-state index is 13.3. The molecule has 0 aromatic heterocycles. The van der Waals surface area contributed by atoms with E-state index < -0.39 is 23.6 Å². The maximum Gasteiger partial charge on any atom is 0.254 e. The van der Waals surface area contributed by atoms with Crippen LogP contribution in [0.2, 0.25) is 0 Å². The van der Waals surface area contributed by atoms with Gasteiger partial charge in [-0.2, -0.15) is 0 Å². The monoisotopic (exact) mass is 257 g/mol. The van der Waals surface area contributed by atoms with Crippen LogP contribution >= 0.6 is 0 Å². The van der Waals surface area contributed by atoms with Crippen molar-refractivity contribution < 1.29 is 18.8 Å². The molecule has 0 saturated carbocycles. The molecule has 1 atom stereocenters. The van der Waals surface area contributed by atoms with Gasteiger partial charge in [-0.1, -0.05) is 5.16 Å². The van der Waals surface area contributed by atoms with Gasteiger partial charge in [0.2, 0.25) is 0 Å². The van der Waals surface area contributed by atoms with Gasteiger partial charge in [-0.25, -0.2) is 8.78 Å². The fourth-order valence-electron chi connectivity index (χ4n) is 1.38. The lowest BCUT2D eigenvalue weighted by Crippen LogP contribution is -2.36. The van der Waals surface area contributed by atoms with Crippen molar-refractivity contribution in [3.8, 4) is 0 Å². The first kappa shape index (κ1) is 13.9. The molecule has 1 rings (SSSR count). The Morgan fingerprint density at radius 3 is 2.78 bits per heavy atom. The summed E-state index contributed by atoms with van der Waals surface area (Å²) in [5, 5.41) is 13.6. The molecule has 0 bridgehead atoms. The minimum absolute atomic E-state index is 0.0534. The summed E-state index contributed by atoms with van der Waals surface area (Å²) in [6, 6.07) is 2.23. The SMILES string of the molecule is CC(CC(N)=NO)NC(=O)c1ccc(F)cc1F. The van der Waals surface area contributed by atoms with Gasteiger partial charge < -0.3 is 16.3 Å². The first-order chi connectivity index (χ1) is 8.43. The highest BCUT2D eigenvalue weighted by molar-refractivity contribution is 5.95. The fraction of sp³-hybridized carbons (Fsp3) is 0.273. The number of nitrogens with one attached hydrogen (secondary N) is 1. The lowest BCUT2D eigenvalue weighted by Gasteiger charge is -2.13. The molecule has 98 valence electrons. The molecule has 18 heavy (non-hydrogen) atoms. The Balaban J connectivity index is 2.71. The third kappa shape index (κ3) is 3.69. The Kier molecular flexibility index (Phi) is 4.59. The van der Waals surface area contributed by atoms with Crippen LogP contribution in [-0.2, 0) is 0 Å². The molecule has 0 fully saturated rings. The van der Waals surface area contributed by atoms with Gasteiger partial charge in [-0.05, 0) is 19.1 Å². The molecule has 0 aliphatic rings. The number of rotatable bonds is 4. The van der Waals surface area contributed by atoms with E-state index in [-0.39, 0.29) is 17.8 Å². The lowest BCUT2D eigenvalue weighted by molar-refractivity contribution is 0.0937. The molecule has 5 nitrogen and oxygen atoms in total. The summed E-state index contributed by atoms with van der Waals surface area (Å²) >= 11 is 0. The van der Waals surface area contributed by atoms with Crippen LogP contribution < -0.4 is 11.1 Å². The van der Waals surface area contributed by atoms with E-state index in [0.717, 1.165) is 12.1 Å². The van der Waals surface area contributed by atoms with Crippen molar-refractivity contribution >= 4 is 11.7 Å². The fourth-order valence-corrected chi connectivity index (χ4v) is 1.38. The highest BCUT2D eigenvalue weighted by atomic mass is 19.1. The Morgan fingerprint density at radius 1 is 1.56 bits per heavy atom. The quantitative estimate of drug-likeness (QED) is 0.328. The summed E-state index contributed by atoms with van der Waals surface area (Å²) in [4.78, 5) is 11.6. The molecule has 0 radical (unpaired) electrons. The smallest absolute Gasteiger partial charge is 0.254 e. The van der Waals surface area contributed by atoms with Gasteiger partial charge >= 0.3 is 0 Å². The van der Waals surface area contributed by atoms with E-state index in [2.05, 4.69) is 10.5 Å². The number of amidine groups is 1. The molecule has 1 amide bonds. The van der Waals surface area contributed by atoms with E-state index in [9.17, 15) is 13.6 Å². The number of nitrogens with zero attached hydrogens (tertiary/aromatic N) is 1. The van der Waals surface area contributed by atoms with Crippen LogP contribution in [0.1, 0.15) is 23.7 Å². The van der Waals surface area contributed by atoms with E-state index >= 15 is 0 Å². The molecule has 0 aliphatic heterocycles. The summed E-state index contributed by atoms with van der Waals surface area (Å²) in [6.07, 6.45) is 0.116. The van der Waals surface area contributed by atoms with Crippen molar-refractivity contribution in [2.24, 2.45) is 10.9 Å². The Morgan fingerprint density at radius 2 is 2.22 bits per heavy atom. The largest absolute Gasteiger partial charge is 0.409 e. The zero-order valence-corrected chi connectivity index (χ0v) is 9.65. The van der Waals surface area contributed by atoms with Crippen LogP contribution in [0, 0.1) is 11.6 Å². The highest BCUT2D eigenvalue weighted by Crippen LogP contribution is 2.09. The van der Waals surface area contributed by atoms with Crippen LogP contribution in [-0.4, -0.2) is 23.0 Å². The van der Waals surface area contributed by atoms with Crippen molar-refractivity contribution in [3.05, 3.63) is 35.4 Å². The second kappa shape index (κ2) is 5.95. The van der Waals surface area contributed by atoms with Crippen LogP contribution in [0.5, 0.6) is 0 Å². The zero-order valence-electron chi connectivity index (χ0n) is 9.65. The summed E-state index contributed by atoms with van der Waals surface area (Å²) in [7, 11) is 0. The molecule has 1 unspecified atom stereocenters. The highest BCUT2D eigenvalue weighted by Gasteiger charge is 2.15. The average molecular weight is 257 g/mol. The molecule has 1 aromatic rings. The number of hydrogen-bond donors (Lipinski definition) is 3. The van der Waals surface area contributed by atoms with Crippen LogP contribution in [0.25, 0.3) is 0 Å². The first-order valence-corrected chi connectivity index (χ1v) is 5.16. The molecule has 4 N–H and O–H groups in total. The summed E-state index contributed by atoms with van der Waals surface area (Å²) in [6.45, 7) is 1.61. The summed E-state index contributed by atoms with van der Waals surface area (Å²) in [5.74, 6) is -2.44. The van der Waals surface area contributed by atoms with Crippen molar-refractivity contribution in [1.82, 2.24) is 5.32 Å². The molecule has 0 heterocycles. The van der Waals surface area contributed by atoms with Crippen molar-refractivity contribution in [2.75, 3.05) is 0 Å². The van der Waals surface area contributed by atoms with E-state index in [1.54, 1.807) is 6.92 Å². The minimum atomic E-state index is -0.941. The molecule has 7 heteroatoms. The normalized spacial score (nSPS) is 13.2. The number of carbonyl (C=O) groups excluding carboxylic acids is 1. The van der Waals surface area contributed by atoms with Crippen LogP contribution in [0.3, 0.4) is 0 Å². The molecule has 1 aromatic carbocycles. The lowest BCUT2D eigenvalue weighted by atomic mass is 10.1. The van der Waals surface area contributed by atoms with E-state index in [0.29, 0.717) is 6.07 Å². The number of carbonyl (C=O) groups is 1. The van der Waals surface area contributed by atoms with Crippen molar-refractivity contribution in [2.45, 2.75) is 19.4 Å². The van der Waals surface area contributed by atoms with Gasteiger partial charge in [0.1, 0.15) is 17.5 Å². The number of benzene rings is 1. The Bertz CT molecular complexity index is 477. The summed E-state index contributed by atoms with van der Waals surface area (Å²) in [5.41, 5.74) is 5.00. The second-order valence-corrected chi connectivity index (χ2v) is 3.79. The number of hydrogen-bond acceptors (Lipinski definition) is 3. The first-order valence-electron chi connectivity index (χ1n) is 5.16. The molecular weight excluding hydrogens is 244 g/mol. The third-order valence-electron chi connectivity index (χ3n) is 2.20. The van der Waals surface area contributed by atoms with Crippen molar-refractivity contribution in [3.63, 3.8) is 0 Å². The minimum Gasteiger partial charge on any atom is -0.409 e. The van der Waals surface area contributed by atoms with Crippen LogP contribution in [0.4, 0.5) is 8.78 Å². The van der Waals surface area contributed by atoms with Gasteiger partial charge in [0.25, 0.3) is 5.91 Å². The molecule has 0 saturated heterocycles. The van der Waals surface area contributed by atoms with Gasteiger partial charge in [-0.15, -0.1) is 0 Å². The van der Waals surface area contributed by atoms with E-state index in [1.165, 1.54) is 0 Å². The Labute approximate surface area is 102 Å².